The average molecular weight is 293 g/mol. The highest BCUT2D eigenvalue weighted by Crippen LogP contribution is 2.21. The van der Waals surface area contributed by atoms with E-state index in [0.29, 0.717) is 0 Å². The monoisotopic (exact) mass is 293 g/mol. The van der Waals surface area contributed by atoms with Gasteiger partial charge in [-0.2, -0.15) is 21.0 Å². The summed E-state index contributed by atoms with van der Waals surface area (Å²) in [5.74, 6) is -1.60. The van der Waals surface area contributed by atoms with E-state index in [4.69, 9.17) is 5.73 Å². The van der Waals surface area contributed by atoms with Gasteiger partial charge in [-0.3, -0.25) is 0 Å². The van der Waals surface area contributed by atoms with Crippen molar-refractivity contribution in [3.63, 3.8) is 0 Å². The highest BCUT2D eigenvalue weighted by Gasteiger charge is 2.21. The van der Waals surface area contributed by atoms with Gasteiger partial charge in [-0.15, -0.1) is 0 Å². The summed E-state index contributed by atoms with van der Waals surface area (Å²) in [6.07, 6.45) is 0. The molecular weight excluding hydrogens is 282 g/mol. The molecule has 0 fully saturated rings. The minimum Gasteiger partial charge on any atom is -0.507 e. The summed E-state index contributed by atoms with van der Waals surface area (Å²) >= 11 is 3.74. The van der Waals surface area contributed by atoms with Crippen LogP contribution in [0, 0.1) is 0 Å². The van der Waals surface area contributed by atoms with Gasteiger partial charge >= 0.3 is 16.4 Å². The molecule has 1 aromatic rings. The Morgan fingerprint density at radius 2 is 2.11 bits per heavy atom. The molecule has 0 spiro atoms. The lowest BCUT2D eigenvalue weighted by molar-refractivity contribution is 0.0711. The second-order valence-electron chi connectivity index (χ2n) is 3.10. The van der Waals surface area contributed by atoms with E-state index in [1.165, 1.54) is 6.07 Å². The number of nitrogens with two attached hydrogens (primary N) is 1. The maximum atomic E-state index is 11.5. The number of anilines is 1. The molecule has 9 heteroatoms. The first kappa shape index (κ1) is 14.6. The Bertz CT molecular complexity index is 542. The second kappa shape index (κ2) is 5.94. The van der Waals surface area contributed by atoms with E-state index in [1.54, 1.807) is 0 Å². The van der Waals surface area contributed by atoms with Crippen molar-refractivity contribution in [2.45, 2.75) is 0 Å². The number of rotatable bonds is 5. The van der Waals surface area contributed by atoms with Gasteiger partial charge in [0.15, 0.2) is 0 Å². The van der Waals surface area contributed by atoms with Crippen LogP contribution in [-0.2, 0) is 18.8 Å². The fourth-order valence-electron chi connectivity index (χ4n) is 1.02. The molecule has 0 aliphatic heterocycles. The fraction of sp³-hybridized carbons (Fsp3) is 0.222. The zero-order valence-electron chi connectivity index (χ0n) is 9.07. The predicted octanol–water partition coefficient (Wildman–Crippen LogP) is 0.322. The predicted molar refractivity (Wildman–Crippen MR) is 66.7 cm³/mol. The molecule has 1 rings (SSSR count). The van der Waals surface area contributed by atoms with Crippen LogP contribution in [0.15, 0.2) is 18.2 Å². The third-order valence-electron chi connectivity index (χ3n) is 1.74. The maximum Gasteiger partial charge on any atom is 0.451 e. The van der Waals surface area contributed by atoms with Gasteiger partial charge in [-0.05, 0) is 12.1 Å². The normalized spacial score (nSPS) is 11.2. The quantitative estimate of drug-likeness (QED) is 0.529. The van der Waals surface area contributed by atoms with Crippen LogP contribution in [0.4, 0.5) is 5.69 Å². The van der Waals surface area contributed by atoms with Crippen LogP contribution in [-0.4, -0.2) is 31.9 Å². The summed E-state index contributed by atoms with van der Waals surface area (Å²) in [5, 5.41) is 9.41. The Labute approximate surface area is 109 Å². The minimum atomic E-state index is -4.46. The number of phenols is 1. The molecule has 0 aliphatic carbocycles. The molecule has 0 heterocycles. The van der Waals surface area contributed by atoms with Crippen LogP contribution in [0.5, 0.6) is 5.75 Å². The lowest BCUT2D eigenvalue weighted by Gasteiger charge is -2.06. The molecule has 0 saturated heterocycles. The van der Waals surface area contributed by atoms with E-state index in [9.17, 15) is 18.3 Å². The van der Waals surface area contributed by atoms with Crippen LogP contribution in [0.3, 0.4) is 0 Å². The van der Waals surface area contributed by atoms with Crippen molar-refractivity contribution in [2.75, 3.05) is 18.1 Å². The maximum absolute atomic E-state index is 11.5. The number of phenolic OH excluding ortho intramolecular Hbond substituents is 1. The second-order valence-corrected chi connectivity index (χ2v) is 4.77. The van der Waals surface area contributed by atoms with Crippen molar-refractivity contribution < 1.29 is 26.7 Å². The fourth-order valence-corrected chi connectivity index (χ4v) is 1.85. The number of nitrogen functional groups attached to an aromatic ring is 1. The summed E-state index contributed by atoms with van der Waals surface area (Å²) in [6.45, 7) is -0.230. The van der Waals surface area contributed by atoms with Gasteiger partial charge in [0.25, 0.3) is 0 Å². The van der Waals surface area contributed by atoms with Crippen LogP contribution in [0.25, 0.3) is 0 Å². The van der Waals surface area contributed by atoms with Gasteiger partial charge in [0.05, 0.1) is 6.61 Å². The van der Waals surface area contributed by atoms with Crippen molar-refractivity contribution in [1.29, 1.82) is 0 Å². The Balaban J connectivity index is 2.83. The number of thiol groups is 1. The molecule has 0 bridgehead atoms. The molecule has 3 N–H and O–H groups in total. The van der Waals surface area contributed by atoms with E-state index >= 15 is 0 Å². The number of benzene rings is 1. The molecule has 0 atom stereocenters. The van der Waals surface area contributed by atoms with Gasteiger partial charge in [-0.25, -0.2) is 8.98 Å². The SMILES string of the molecule is Nc1ccc(C(=O)OS(=O)(=O)OCCS)c(O)c1. The Morgan fingerprint density at radius 3 is 2.67 bits per heavy atom. The zero-order chi connectivity index (χ0) is 13.8. The molecule has 7 nitrogen and oxygen atoms in total. The molecular formula is C9H11NO6S2. The van der Waals surface area contributed by atoms with Crippen molar-refractivity contribution in [3.8, 4) is 5.75 Å². The molecule has 0 aromatic heterocycles. The van der Waals surface area contributed by atoms with Gasteiger partial charge < -0.3 is 15.0 Å². The summed E-state index contributed by atoms with van der Waals surface area (Å²) < 4.78 is 30.7. The molecule has 100 valence electrons. The van der Waals surface area contributed by atoms with Crippen LogP contribution < -0.4 is 5.73 Å². The van der Waals surface area contributed by atoms with Crippen LogP contribution in [0.2, 0.25) is 0 Å². The van der Waals surface area contributed by atoms with E-state index in [1.807, 2.05) is 0 Å². The smallest absolute Gasteiger partial charge is 0.451 e. The highest BCUT2D eigenvalue weighted by molar-refractivity contribution is 7.82. The van der Waals surface area contributed by atoms with Crippen molar-refractivity contribution in [2.24, 2.45) is 0 Å². The van der Waals surface area contributed by atoms with E-state index < -0.39 is 22.1 Å². The molecule has 0 saturated carbocycles. The van der Waals surface area contributed by atoms with Gasteiger partial charge in [0.1, 0.15) is 11.3 Å². The summed E-state index contributed by atoms with van der Waals surface area (Å²) in [6, 6.07) is 3.55. The van der Waals surface area contributed by atoms with E-state index in [2.05, 4.69) is 21.0 Å². The van der Waals surface area contributed by atoms with Crippen LogP contribution >= 0.6 is 12.6 Å². The number of hydrogen-bond donors (Lipinski definition) is 3. The topological polar surface area (TPSA) is 116 Å². The zero-order valence-corrected chi connectivity index (χ0v) is 10.8. The molecule has 0 aliphatic rings. The molecule has 0 unspecified atom stereocenters. The Hall–Kier alpha value is -1.45. The first-order chi connectivity index (χ1) is 8.35. The van der Waals surface area contributed by atoms with E-state index in [-0.39, 0.29) is 23.6 Å². The van der Waals surface area contributed by atoms with Gasteiger partial charge in [0.2, 0.25) is 0 Å². The molecule has 0 radical (unpaired) electrons. The summed E-state index contributed by atoms with van der Waals surface area (Å²) in [4.78, 5) is 11.5. The first-order valence-electron chi connectivity index (χ1n) is 4.68. The third kappa shape index (κ3) is 4.09. The van der Waals surface area contributed by atoms with Crippen molar-refractivity contribution in [1.82, 2.24) is 0 Å². The number of carbonyl (C=O) groups excluding carboxylic acids is 1. The van der Waals surface area contributed by atoms with E-state index in [0.717, 1.165) is 12.1 Å². The van der Waals surface area contributed by atoms with Crippen molar-refractivity contribution >= 4 is 34.7 Å². The number of hydrogen-bond acceptors (Lipinski definition) is 8. The number of carbonyl (C=O) groups is 1. The average Bonchev–Trinajstić information content (AvgIpc) is 2.25. The van der Waals surface area contributed by atoms with Gasteiger partial charge in [-0.1, -0.05) is 0 Å². The molecule has 18 heavy (non-hydrogen) atoms. The third-order valence-corrected chi connectivity index (χ3v) is 2.73. The van der Waals surface area contributed by atoms with Crippen LogP contribution in [0.1, 0.15) is 10.4 Å². The summed E-state index contributed by atoms with van der Waals surface area (Å²) in [5.41, 5.74) is 5.25. The lowest BCUT2D eigenvalue weighted by atomic mass is 10.2. The summed E-state index contributed by atoms with van der Waals surface area (Å²) in [7, 11) is -4.46. The highest BCUT2D eigenvalue weighted by atomic mass is 32.3. The van der Waals surface area contributed by atoms with Gasteiger partial charge in [0, 0.05) is 17.5 Å². The molecule has 1 aromatic carbocycles. The first-order valence-corrected chi connectivity index (χ1v) is 6.65. The number of aromatic hydroxyl groups is 1. The Morgan fingerprint density at radius 1 is 1.44 bits per heavy atom. The largest absolute Gasteiger partial charge is 0.507 e. The minimum absolute atomic E-state index is 0.143. The molecule has 0 amide bonds. The lowest BCUT2D eigenvalue weighted by Crippen LogP contribution is -2.17. The Kier molecular flexibility index (Phi) is 4.82. The standard InChI is InChI=1S/C9H11NO6S2/c10-6-1-2-7(8(11)5-6)9(12)16-18(13,14)15-3-4-17/h1-2,5,11,17H,3-4,10H2. The van der Waals surface area contributed by atoms with Crippen molar-refractivity contribution in [3.05, 3.63) is 23.8 Å².